The van der Waals surface area contributed by atoms with E-state index < -0.39 is 0 Å². The van der Waals surface area contributed by atoms with Gasteiger partial charge in [0, 0.05) is 5.69 Å². The van der Waals surface area contributed by atoms with Crippen LogP contribution < -0.4 is 15.4 Å². The van der Waals surface area contributed by atoms with E-state index in [4.69, 9.17) is 4.74 Å². The van der Waals surface area contributed by atoms with Crippen molar-refractivity contribution in [1.82, 2.24) is 5.32 Å². The van der Waals surface area contributed by atoms with E-state index in [9.17, 15) is 4.79 Å². The summed E-state index contributed by atoms with van der Waals surface area (Å²) >= 11 is 0. The van der Waals surface area contributed by atoms with Crippen molar-refractivity contribution in [1.29, 1.82) is 0 Å². The SMILES string of the molecule is O=C(Nc1ccc(Oc2ccccc2)cc1)C1CCCN1. The molecule has 21 heavy (non-hydrogen) atoms. The molecule has 0 saturated carbocycles. The van der Waals surface area contributed by atoms with Crippen LogP contribution in [0.3, 0.4) is 0 Å². The van der Waals surface area contributed by atoms with Crippen molar-refractivity contribution in [2.24, 2.45) is 0 Å². The molecule has 2 aromatic rings. The normalized spacial score (nSPS) is 17.4. The van der Waals surface area contributed by atoms with E-state index in [2.05, 4.69) is 10.6 Å². The summed E-state index contributed by atoms with van der Waals surface area (Å²) in [5, 5.41) is 6.10. The molecule has 108 valence electrons. The summed E-state index contributed by atoms with van der Waals surface area (Å²) in [6.07, 6.45) is 1.96. The van der Waals surface area contributed by atoms with Crippen molar-refractivity contribution in [3.63, 3.8) is 0 Å². The van der Waals surface area contributed by atoms with Crippen molar-refractivity contribution >= 4 is 11.6 Å². The van der Waals surface area contributed by atoms with E-state index >= 15 is 0 Å². The standard InChI is InChI=1S/C17H18N2O2/c20-17(16-7-4-12-18-16)19-13-8-10-15(11-9-13)21-14-5-2-1-3-6-14/h1-3,5-6,8-11,16,18H,4,7,12H2,(H,19,20). The monoisotopic (exact) mass is 282 g/mol. The molecule has 1 unspecified atom stereocenters. The maximum Gasteiger partial charge on any atom is 0.241 e. The number of carbonyl (C=O) groups is 1. The van der Waals surface area contributed by atoms with Gasteiger partial charge < -0.3 is 15.4 Å². The fourth-order valence-corrected chi connectivity index (χ4v) is 2.37. The van der Waals surface area contributed by atoms with Gasteiger partial charge in [-0.3, -0.25) is 4.79 Å². The second kappa shape index (κ2) is 6.41. The molecule has 1 amide bonds. The van der Waals surface area contributed by atoms with Crippen LogP contribution in [0.15, 0.2) is 54.6 Å². The Balaban J connectivity index is 1.60. The van der Waals surface area contributed by atoms with Crippen LogP contribution in [0.2, 0.25) is 0 Å². The fourth-order valence-electron chi connectivity index (χ4n) is 2.37. The minimum atomic E-state index is -0.0646. The predicted molar refractivity (Wildman–Crippen MR) is 82.6 cm³/mol. The van der Waals surface area contributed by atoms with Crippen LogP contribution in [0.1, 0.15) is 12.8 Å². The molecule has 0 bridgehead atoms. The van der Waals surface area contributed by atoms with Gasteiger partial charge in [-0.15, -0.1) is 0 Å². The van der Waals surface area contributed by atoms with Gasteiger partial charge in [-0.25, -0.2) is 0 Å². The molecule has 2 N–H and O–H groups in total. The number of hydrogen-bond donors (Lipinski definition) is 2. The third-order valence-corrected chi connectivity index (χ3v) is 3.48. The first-order valence-electron chi connectivity index (χ1n) is 7.18. The Kier molecular flexibility index (Phi) is 4.17. The number of para-hydroxylation sites is 1. The van der Waals surface area contributed by atoms with Crippen molar-refractivity contribution in [3.05, 3.63) is 54.6 Å². The third kappa shape index (κ3) is 3.61. The maximum absolute atomic E-state index is 12.0. The van der Waals surface area contributed by atoms with Crippen LogP contribution in [-0.4, -0.2) is 18.5 Å². The summed E-state index contributed by atoms with van der Waals surface area (Å²) in [5.41, 5.74) is 0.786. The first kappa shape index (κ1) is 13.6. The van der Waals surface area contributed by atoms with E-state index in [0.29, 0.717) is 0 Å². The van der Waals surface area contributed by atoms with E-state index in [1.807, 2.05) is 54.6 Å². The van der Waals surface area contributed by atoms with Gasteiger partial charge in [-0.05, 0) is 55.8 Å². The number of benzene rings is 2. The summed E-state index contributed by atoms with van der Waals surface area (Å²) in [4.78, 5) is 12.0. The van der Waals surface area contributed by atoms with E-state index in [1.165, 1.54) is 0 Å². The highest BCUT2D eigenvalue weighted by molar-refractivity contribution is 5.95. The summed E-state index contributed by atoms with van der Waals surface area (Å²) in [6.45, 7) is 0.919. The molecule has 1 atom stereocenters. The lowest BCUT2D eigenvalue weighted by Gasteiger charge is -2.11. The largest absolute Gasteiger partial charge is 0.457 e. The number of anilines is 1. The summed E-state index contributed by atoms with van der Waals surface area (Å²) in [7, 11) is 0. The Labute approximate surface area is 124 Å². The van der Waals surface area contributed by atoms with Gasteiger partial charge in [0.2, 0.25) is 5.91 Å². The minimum Gasteiger partial charge on any atom is -0.457 e. The number of amides is 1. The molecule has 0 radical (unpaired) electrons. The molecule has 1 aliphatic heterocycles. The zero-order valence-corrected chi connectivity index (χ0v) is 11.7. The van der Waals surface area contributed by atoms with Crippen LogP contribution in [0.5, 0.6) is 11.5 Å². The summed E-state index contributed by atoms with van der Waals surface area (Å²) < 4.78 is 5.71. The summed E-state index contributed by atoms with van der Waals surface area (Å²) in [6, 6.07) is 17.0. The quantitative estimate of drug-likeness (QED) is 0.905. The molecular weight excluding hydrogens is 264 g/mol. The van der Waals surface area contributed by atoms with Crippen LogP contribution in [-0.2, 0) is 4.79 Å². The van der Waals surface area contributed by atoms with Gasteiger partial charge in [0.25, 0.3) is 0 Å². The number of ether oxygens (including phenoxy) is 1. The van der Waals surface area contributed by atoms with Gasteiger partial charge in [0.15, 0.2) is 0 Å². The zero-order chi connectivity index (χ0) is 14.5. The molecule has 3 rings (SSSR count). The summed E-state index contributed by atoms with van der Waals surface area (Å²) in [5.74, 6) is 1.58. The molecular formula is C17H18N2O2. The van der Waals surface area contributed by atoms with Crippen LogP contribution >= 0.6 is 0 Å². The Bertz CT molecular complexity index is 590. The molecule has 4 heteroatoms. The average molecular weight is 282 g/mol. The number of carbonyl (C=O) groups excluding carboxylic acids is 1. The molecule has 4 nitrogen and oxygen atoms in total. The average Bonchev–Trinajstić information content (AvgIpc) is 3.05. The second-order valence-electron chi connectivity index (χ2n) is 5.08. The highest BCUT2D eigenvalue weighted by atomic mass is 16.5. The van der Waals surface area contributed by atoms with Crippen molar-refractivity contribution in [2.75, 3.05) is 11.9 Å². The fraction of sp³-hybridized carbons (Fsp3) is 0.235. The molecule has 1 fully saturated rings. The smallest absolute Gasteiger partial charge is 0.241 e. The minimum absolute atomic E-state index is 0.0317. The van der Waals surface area contributed by atoms with Crippen molar-refractivity contribution < 1.29 is 9.53 Å². The van der Waals surface area contributed by atoms with Crippen LogP contribution in [0.4, 0.5) is 5.69 Å². The highest BCUT2D eigenvalue weighted by Gasteiger charge is 2.21. The first-order valence-corrected chi connectivity index (χ1v) is 7.18. The van der Waals surface area contributed by atoms with Gasteiger partial charge in [0.1, 0.15) is 11.5 Å². The van der Waals surface area contributed by atoms with E-state index in [0.717, 1.165) is 36.6 Å². The molecule has 1 saturated heterocycles. The maximum atomic E-state index is 12.0. The van der Waals surface area contributed by atoms with Crippen molar-refractivity contribution in [3.8, 4) is 11.5 Å². The Morgan fingerprint density at radius 3 is 2.43 bits per heavy atom. The van der Waals surface area contributed by atoms with Gasteiger partial charge in [0.05, 0.1) is 6.04 Å². The Morgan fingerprint density at radius 2 is 1.76 bits per heavy atom. The number of hydrogen-bond acceptors (Lipinski definition) is 3. The second-order valence-corrected chi connectivity index (χ2v) is 5.08. The highest BCUT2D eigenvalue weighted by Crippen LogP contribution is 2.22. The topological polar surface area (TPSA) is 50.4 Å². The molecule has 0 spiro atoms. The van der Waals surface area contributed by atoms with E-state index in [1.54, 1.807) is 0 Å². The lowest BCUT2D eigenvalue weighted by Crippen LogP contribution is -2.35. The molecule has 1 aliphatic rings. The van der Waals surface area contributed by atoms with Gasteiger partial charge >= 0.3 is 0 Å². The van der Waals surface area contributed by atoms with Gasteiger partial charge in [-0.2, -0.15) is 0 Å². The zero-order valence-electron chi connectivity index (χ0n) is 11.7. The molecule has 1 heterocycles. The number of nitrogens with one attached hydrogen (secondary N) is 2. The molecule has 2 aromatic carbocycles. The van der Waals surface area contributed by atoms with E-state index in [-0.39, 0.29) is 11.9 Å². The lowest BCUT2D eigenvalue weighted by molar-refractivity contribution is -0.117. The molecule has 0 aliphatic carbocycles. The van der Waals surface area contributed by atoms with Gasteiger partial charge in [-0.1, -0.05) is 18.2 Å². The number of rotatable bonds is 4. The van der Waals surface area contributed by atoms with Crippen LogP contribution in [0, 0.1) is 0 Å². The predicted octanol–water partition coefficient (Wildman–Crippen LogP) is 3.17. The Morgan fingerprint density at radius 1 is 1.05 bits per heavy atom. The first-order chi connectivity index (χ1) is 10.3. The Hall–Kier alpha value is -2.33. The third-order valence-electron chi connectivity index (χ3n) is 3.48. The van der Waals surface area contributed by atoms with Crippen LogP contribution in [0.25, 0.3) is 0 Å². The molecule has 0 aromatic heterocycles. The van der Waals surface area contributed by atoms with Crippen molar-refractivity contribution in [2.45, 2.75) is 18.9 Å². The lowest BCUT2D eigenvalue weighted by atomic mass is 10.2.